The maximum atomic E-state index is 12.2. The zero-order valence-corrected chi connectivity index (χ0v) is 14.3. The molecule has 2 atom stereocenters. The van der Waals surface area contributed by atoms with Crippen LogP contribution in [-0.2, 0) is 7.05 Å². The lowest BCUT2D eigenvalue weighted by Gasteiger charge is -2.08. The number of rotatable bonds is 4. The second kappa shape index (κ2) is 6.51. The fourth-order valence-electron chi connectivity index (χ4n) is 3.00. The van der Waals surface area contributed by atoms with E-state index in [1.165, 1.54) is 21.1 Å². The fraction of sp³-hybridized carbons (Fsp3) is 0.211. The molecular weight excluding hydrogens is 330 g/mol. The van der Waals surface area contributed by atoms with Gasteiger partial charge in [0.05, 0.1) is 5.69 Å². The van der Waals surface area contributed by atoms with E-state index in [1.807, 2.05) is 18.2 Å². The minimum atomic E-state index is -0.226. The number of anilines is 1. The standard InChI is InChI=1S/C19H19N5O2/c1-23-12-20-24(19(23)26)15-9-7-14(8-10-15)21-18(25)22-17-11-16(17)13-5-3-2-4-6-13/h2-10,12,16-17H,11H2,1H3,(H2,21,22,25)/t16-,17+/m1/s1. The molecule has 1 aliphatic rings. The van der Waals surface area contributed by atoms with E-state index in [0.29, 0.717) is 17.3 Å². The van der Waals surface area contributed by atoms with E-state index in [-0.39, 0.29) is 17.8 Å². The molecule has 0 spiro atoms. The van der Waals surface area contributed by atoms with Crippen LogP contribution < -0.4 is 16.3 Å². The first-order valence-corrected chi connectivity index (χ1v) is 8.45. The summed E-state index contributed by atoms with van der Waals surface area (Å²) in [5.41, 5.74) is 2.34. The third-order valence-electron chi connectivity index (χ3n) is 4.53. The van der Waals surface area contributed by atoms with E-state index in [0.717, 1.165) is 6.42 Å². The van der Waals surface area contributed by atoms with Crippen molar-refractivity contribution in [2.75, 3.05) is 5.32 Å². The van der Waals surface area contributed by atoms with Gasteiger partial charge in [-0.1, -0.05) is 30.3 Å². The number of hydrogen-bond donors (Lipinski definition) is 2. The quantitative estimate of drug-likeness (QED) is 0.758. The Bertz CT molecular complexity index is 975. The molecule has 4 rings (SSSR count). The Morgan fingerprint density at radius 1 is 1.12 bits per heavy atom. The second-order valence-corrected chi connectivity index (χ2v) is 6.44. The minimum Gasteiger partial charge on any atom is -0.334 e. The number of aryl methyl sites for hydroxylation is 1. The number of benzene rings is 2. The van der Waals surface area contributed by atoms with E-state index in [1.54, 1.807) is 31.3 Å². The van der Waals surface area contributed by atoms with Crippen LogP contribution >= 0.6 is 0 Å². The summed E-state index contributed by atoms with van der Waals surface area (Å²) < 4.78 is 2.71. The summed E-state index contributed by atoms with van der Waals surface area (Å²) in [6, 6.07) is 17.1. The molecule has 3 aromatic rings. The first-order chi connectivity index (χ1) is 12.6. The molecule has 0 aliphatic heterocycles. The number of carbonyl (C=O) groups excluding carboxylic acids is 1. The normalized spacial score (nSPS) is 18.3. The van der Waals surface area contributed by atoms with Crippen molar-refractivity contribution in [3.8, 4) is 5.69 Å². The highest BCUT2D eigenvalue weighted by molar-refractivity contribution is 5.89. The molecule has 0 bridgehead atoms. The van der Waals surface area contributed by atoms with Crippen LogP contribution in [0.5, 0.6) is 0 Å². The van der Waals surface area contributed by atoms with Crippen molar-refractivity contribution in [1.82, 2.24) is 19.7 Å². The molecule has 2 amide bonds. The second-order valence-electron chi connectivity index (χ2n) is 6.44. The SMILES string of the molecule is Cn1cnn(-c2ccc(NC(=O)N[C@H]3C[C@@H]3c3ccccc3)cc2)c1=O. The summed E-state index contributed by atoms with van der Waals surface area (Å²) in [6.07, 6.45) is 2.42. The molecule has 1 saturated carbocycles. The van der Waals surface area contributed by atoms with E-state index in [2.05, 4.69) is 27.9 Å². The third kappa shape index (κ3) is 3.23. The van der Waals surface area contributed by atoms with Crippen LogP contribution in [0, 0.1) is 0 Å². The summed E-state index contributed by atoms with van der Waals surface area (Å²) >= 11 is 0. The first kappa shape index (κ1) is 16.1. The molecule has 132 valence electrons. The molecule has 2 N–H and O–H groups in total. The maximum Gasteiger partial charge on any atom is 0.350 e. The molecule has 0 saturated heterocycles. The molecule has 1 aromatic heterocycles. The number of urea groups is 1. The van der Waals surface area contributed by atoms with Gasteiger partial charge in [0.25, 0.3) is 0 Å². The van der Waals surface area contributed by atoms with Crippen molar-refractivity contribution in [3.63, 3.8) is 0 Å². The van der Waals surface area contributed by atoms with Gasteiger partial charge in [0, 0.05) is 24.7 Å². The highest BCUT2D eigenvalue weighted by atomic mass is 16.2. The molecule has 0 unspecified atom stereocenters. The predicted octanol–water partition coefficient (Wildman–Crippen LogP) is 2.25. The average molecular weight is 349 g/mol. The Kier molecular flexibility index (Phi) is 4.04. The Labute approximate surface area is 150 Å². The Morgan fingerprint density at radius 3 is 2.50 bits per heavy atom. The van der Waals surface area contributed by atoms with Gasteiger partial charge in [-0.25, -0.2) is 9.59 Å². The van der Waals surface area contributed by atoms with E-state index in [4.69, 9.17) is 0 Å². The summed E-state index contributed by atoms with van der Waals surface area (Å²) in [4.78, 5) is 24.1. The van der Waals surface area contributed by atoms with E-state index in [9.17, 15) is 9.59 Å². The van der Waals surface area contributed by atoms with Crippen LogP contribution in [0.15, 0.2) is 65.7 Å². The number of amides is 2. The van der Waals surface area contributed by atoms with E-state index < -0.39 is 0 Å². The van der Waals surface area contributed by atoms with E-state index >= 15 is 0 Å². The molecule has 1 fully saturated rings. The van der Waals surface area contributed by atoms with Gasteiger partial charge in [-0.15, -0.1) is 0 Å². The highest BCUT2D eigenvalue weighted by Gasteiger charge is 2.39. The average Bonchev–Trinajstić information content (AvgIpc) is 3.34. The van der Waals surface area contributed by atoms with Gasteiger partial charge in [0.1, 0.15) is 6.33 Å². The van der Waals surface area contributed by atoms with Crippen LogP contribution in [-0.4, -0.2) is 26.4 Å². The van der Waals surface area contributed by atoms with Crippen LogP contribution in [0.25, 0.3) is 5.69 Å². The molecule has 1 heterocycles. The van der Waals surface area contributed by atoms with Gasteiger partial charge >= 0.3 is 11.7 Å². The van der Waals surface area contributed by atoms with Gasteiger partial charge in [0.15, 0.2) is 0 Å². The summed E-state index contributed by atoms with van der Waals surface area (Å²) in [6.45, 7) is 0. The molecule has 0 radical (unpaired) electrons. The van der Waals surface area contributed by atoms with Crippen molar-refractivity contribution in [2.24, 2.45) is 7.05 Å². The maximum absolute atomic E-state index is 12.2. The third-order valence-corrected chi connectivity index (χ3v) is 4.53. The number of nitrogens with one attached hydrogen (secondary N) is 2. The zero-order chi connectivity index (χ0) is 18.1. The number of nitrogens with zero attached hydrogens (tertiary/aromatic N) is 3. The first-order valence-electron chi connectivity index (χ1n) is 8.45. The summed E-state index contributed by atoms with van der Waals surface area (Å²) in [5, 5.41) is 9.84. The smallest absolute Gasteiger partial charge is 0.334 e. The highest BCUT2D eigenvalue weighted by Crippen LogP contribution is 2.40. The molecule has 26 heavy (non-hydrogen) atoms. The number of hydrogen-bond acceptors (Lipinski definition) is 3. The summed E-state index contributed by atoms with van der Waals surface area (Å²) in [7, 11) is 1.65. The van der Waals surface area contributed by atoms with Gasteiger partial charge in [-0.3, -0.25) is 4.57 Å². The van der Waals surface area contributed by atoms with Gasteiger partial charge in [0.2, 0.25) is 0 Å². The zero-order valence-electron chi connectivity index (χ0n) is 14.3. The molecular formula is C19H19N5O2. The lowest BCUT2D eigenvalue weighted by atomic mass is 10.1. The van der Waals surface area contributed by atoms with Crippen molar-refractivity contribution in [2.45, 2.75) is 18.4 Å². The topological polar surface area (TPSA) is 81.0 Å². The predicted molar refractivity (Wildman–Crippen MR) is 98.5 cm³/mol. The lowest BCUT2D eigenvalue weighted by Crippen LogP contribution is -2.31. The van der Waals surface area contributed by atoms with Gasteiger partial charge in [-0.05, 0) is 36.2 Å². The number of carbonyl (C=O) groups is 1. The van der Waals surface area contributed by atoms with Crippen molar-refractivity contribution >= 4 is 11.7 Å². The van der Waals surface area contributed by atoms with Crippen LogP contribution in [0.2, 0.25) is 0 Å². The lowest BCUT2D eigenvalue weighted by molar-refractivity contribution is 0.251. The van der Waals surface area contributed by atoms with Gasteiger partial charge < -0.3 is 10.6 Å². The Morgan fingerprint density at radius 2 is 1.85 bits per heavy atom. The molecule has 7 nitrogen and oxygen atoms in total. The largest absolute Gasteiger partial charge is 0.350 e. The van der Waals surface area contributed by atoms with Crippen LogP contribution in [0.3, 0.4) is 0 Å². The van der Waals surface area contributed by atoms with Crippen molar-refractivity contribution in [1.29, 1.82) is 0 Å². The van der Waals surface area contributed by atoms with Crippen LogP contribution in [0.1, 0.15) is 17.9 Å². The van der Waals surface area contributed by atoms with Crippen LogP contribution in [0.4, 0.5) is 10.5 Å². The molecule has 1 aliphatic carbocycles. The number of aromatic nitrogens is 3. The monoisotopic (exact) mass is 349 g/mol. The Hall–Kier alpha value is -3.35. The Balaban J connectivity index is 1.35. The molecule has 7 heteroatoms. The molecule has 2 aromatic carbocycles. The van der Waals surface area contributed by atoms with Crippen molar-refractivity contribution in [3.05, 3.63) is 77.0 Å². The fourth-order valence-corrected chi connectivity index (χ4v) is 3.00. The summed E-state index contributed by atoms with van der Waals surface area (Å²) in [5.74, 6) is 0.389. The van der Waals surface area contributed by atoms with Gasteiger partial charge in [-0.2, -0.15) is 9.78 Å². The van der Waals surface area contributed by atoms with Crippen molar-refractivity contribution < 1.29 is 4.79 Å². The minimum absolute atomic E-state index is 0.170.